The number of anilines is 1. The molecule has 1 aromatic heterocycles. The van der Waals surface area contributed by atoms with Crippen molar-refractivity contribution in [1.82, 2.24) is 4.90 Å². The van der Waals surface area contributed by atoms with Crippen LogP contribution in [0.2, 0.25) is 0 Å². The number of nitrogens with one attached hydrogen (secondary N) is 1. The summed E-state index contributed by atoms with van der Waals surface area (Å²) in [5.74, 6) is -2.21. The zero-order valence-corrected chi connectivity index (χ0v) is 16.1. The van der Waals surface area contributed by atoms with E-state index < -0.39 is 11.6 Å². The predicted molar refractivity (Wildman–Crippen MR) is 108 cm³/mol. The van der Waals surface area contributed by atoms with Gasteiger partial charge in [-0.15, -0.1) is 0 Å². The average Bonchev–Trinajstić information content (AvgIpc) is 3.30. The van der Waals surface area contributed by atoms with Crippen molar-refractivity contribution in [1.29, 1.82) is 0 Å². The Kier molecular flexibility index (Phi) is 5.61. The predicted octanol–water partition coefficient (Wildman–Crippen LogP) is 4.72. The molecule has 4 rings (SSSR count). The van der Waals surface area contributed by atoms with Crippen LogP contribution >= 0.6 is 0 Å². The fraction of sp³-hybridized carbons (Fsp3) is 0.217. The Morgan fingerprint density at radius 1 is 1.00 bits per heavy atom. The van der Waals surface area contributed by atoms with Crippen LogP contribution in [0.4, 0.5) is 14.5 Å². The number of amides is 2. The third-order valence-corrected chi connectivity index (χ3v) is 5.27. The zero-order chi connectivity index (χ0) is 21.1. The molecule has 0 aliphatic carbocycles. The molecular weight excluding hydrogens is 390 g/mol. The Bertz CT molecular complexity index is 1040. The standard InChI is InChI=1S/C23H20F2N2O3/c24-17-13-18(15-5-2-1-3-6-15)21(19(25)14-17)26-22(28)16-8-10-27(11-9-16)23(29)20-7-4-12-30-20/h1-7,12-14,16H,8-11H2,(H,26,28). The summed E-state index contributed by atoms with van der Waals surface area (Å²) in [6, 6.07) is 14.0. The molecule has 5 nitrogen and oxygen atoms in total. The van der Waals surface area contributed by atoms with Gasteiger partial charge in [0.05, 0.1) is 12.0 Å². The number of halogens is 2. The van der Waals surface area contributed by atoms with Gasteiger partial charge in [0, 0.05) is 30.6 Å². The maximum absolute atomic E-state index is 14.5. The molecule has 1 fully saturated rings. The van der Waals surface area contributed by atoms with Crippen LogP contribution in [0.25, 0.3) is 11.1 Å². The molecule has 3 aromatic rings. The van der Waals surface area contributed by atoms with E-state index in [0.717, 1.165) is 6.07 Å². The van der Waals surface area contributed by atoms with Crippen LogP contribution in [0.1, 0.15) is 23.4 Å². The summed E-state index contributed by atoms with van der Waals surface area (Å²) < 4.78 is 33.5. The maximum Gasteiger partial charge on any atom is 0.289 e. The number of piperidine rings is 1. The van der Waals surface area contributed by atoms with Crippen LogP contribution in [0.15, 0.2) is 65.3 Å². The molecule has 2 amide bonds. The van der Waals surface area contributed by atoms with E-state index in [1.165, 1.54) is 12.3 Å². The second-order valence-electron chi connectivity index (χ2n) is 7.21. The van der Waals surface area contributed by atoms with Crippen molar-refractivity contribution < 1.29 is 22.8 Å². The van der Waals surface area contributed by atoms with E-state index in [4.69, 9.17) is 4.42 Å². The van der Waals surface area contributed by atoms with Gasteiger partial charge in [0.15, 0.2) is 5.76 Å². The summed E-state index contributed by atoms with van der Waals surface area (Å²) in [5, 5.41) is 2.64. The molecule has 1 aliphatic rings. The molecule has 30 heavy (non-hydrogen) atoms. The fourth-order valence-electron chi connectivity index (χ4n) is 3.67. The van der Waals surface area contributed by atoms with Gasteiger partial charge >= 0.3 is 0 Å². The number of furan rings is 1. The molecule has 1 N–H and O–H groups in total. The second kappa shape index (κ2) is 8.49. The van der Waals surface area contributed by atoms with Crippen LogP contribution in [0.5, 0.6) is 0 Å². The van der Waals surface area contributed by atoms with E-state index in [1.807, 2.05) is 0 Å². The summed E-state index contributed by atoms with van der Waals surface area (Å²) >= 11 is 0. The van der Waals surface area contributed by atoms with Crippen LogP contribution < -0.4 is 5.32 Å². The number of likely N-dealkylation sites (tertiary alicyclic amines) is 1. The largest absolute Gasteiger partial charge is 0.459 e. The molecular formula is C23H20F2N2O3. The molecule has 154 valence electrons. The third-order valence-electron chi connectivity index (χ3n) is 5.27. The van der Waals surface area contributed by atoms with Gasteiger partial charge in [0.2, 0.25) is 5.91 Å². The summed E-state index contributed by atoms with van der Waals surface area (Å²) in [7, 11) is 0. The summed E-state index contributed by atoms with van der Waals surface area (Å²) in [6.45, 7) is 0.796. The minimum atomic E-state index is -0.826. The number of hydrogen-bond acceptors (Lipinski definition) is 3. The van der Waals surface area contributed by atoms with Gasteiger partial charge in [0.1, 0.15) is 11.6 Å². The number of rotatable bonds is 4. The summed E-state index contributed by atoms with van der Waals surface area (Å²) in [5.41, 5.74) is 0.846. The number of hydrogen-bond donors (Lipinski definition) is 1. The normalized spacial score (nSPS) is 14.5. The topological polar surface area (TPSA) is 62.6 Å². The molecule has 2 heterocycles. The Morgan fingerprint density at radius 2 is 1.73 bits per heavy atom. The van der Waals surface area contributed by atoms with Gasteiger partial charge < -0.3 is 14.6 Å². The smallest absolute Gasteiger partial charge is 0.289 e. The molecule has 0 radical (unpaired) electrons. The van der Waals surface area contributed by atoms with E-state index in [2.05, 4.69) is 5.32 Å². The molecule has 1 aliphatic heterocycles. The highest BCUT2D eigenvalue weighted by Gasteiger charge is 2.29. The van der Waals surface area contributed by atoms with E-state index in [9.17, 15) is 18.4 Å². The first-order chi connectivity index (χ1) is 14.5. The van der Waals surface area contributed by atoms with Crippen LogP contribution in [0, 0.1) is 17.6 Å². The number of nitrogens with zero attached hydrogens (tertiary/aromatic N) is 1. The van der Waals surface area contributed by atoms with Crippen molar-refractivity contribution >= 4 is 17.5 Å². The lowest BCUT2D eigenvalue weighted by atomic mass is 9.95. The monoisotopic (exact) mass is 410 g/mol. The summed E-state index contributed by atoms with van der Waals surface area (Å²) in [6.07, 6.45) is 2.33. The summed E-state index contributed by atoms with van der Waals surface area (Å²) in [4.78, 5) is 26.8. The Morgan fingerprint density at radius 3 is 2.40 bits per heavy atom. The molecule has 0 unspecified atom stereocenters. The highest BCUT2D eigenvalue weighted by atomic mass is 19.1. The quantitative estimate of drug-likeness (QED) is 0.677. The van der Waals surface area contributed by atoms with Crippen molar-refractivity contribution in [3.8, 4) is 11.1 Å². The van der Waals surface area contributed by atoms with Gasteiger partial charge in [-0.05, 0) is 36.6 Å². The maximum atomic E-state index is 14.5. The van der Waals surface area contributed by atoms with Gasteiger partial charge in [-0.1, -0.05) is 30.3 Å². The van der Waals surface area contributed by atoms with E-state index in [-0.39, 0.29) is 34.7 Å². The highest BCUT2D eigenvalue weighted by molar-refractivity contribution is 5.97. The van der Waals surface area contributed by atoms with E-state index in [0.29, 0.717) is 31.5 Å². The van der Waals surface area contributed by atoms with Crippen molar-refractivity contribution in [3.63, 3.8) is 0 Å². The van der Waals surface area contributed by atoms with Crippen molar-refractivity contribution in [2.75, 3.05) is 18.4 Å². The Hall–Kier alpha value is -3.48. The SMILES string of the molecule is O=C(Nc1c(F)cc(F)cc1-c1ccccc1)C1CCN(C(=O)c2ccco2)CC1. The number of benzene rings is 2. The van der Waals surface area contributed by atoms with Crippen LogP contribution in [-0.4, -0.2) is 29.8 Å². The Balaban J connectivity index is 1.47. The molecule has 0 bridgehead atoms. The number of carbonyl (C=O) groups is 2. The van der Waals surface area contributed by atoms with Gasteiger partial charge in [0.25, 0.3) is 5.91 Å². The van der Waals surface area contributed by atoms with E-state index >= 15 is 0 Å². The molecule has 1 saturated heterocycles. The van der Waals surface area contributed by atoms with Crippen molar-refractivity contribution in [3.05, 3.63) is 78.3 Å². The minimum Gasteiger partial charge on any atom is -0.459 e. The molecule has 0 spiro atoms. The molecule has 0 saturated carbocycles. The lowest BCUT2D eigenvalue weighted by Crippen LogP contribution is -2.41. The first kappa shape index (κ1) is 19.8. The number of carbonyl (C=O) groups excluding carboxylic acids is 2. The molecule has 2 aromatic carbocycles. The second-order valence-corrected chi connectivity index (χ2v) is 7.21. The minimum absolute atomic E-state index is 0.0401. The van der Waals surface area contributed by atoms with Crippen LogP contribution in [0.3, 0.4) is 0 Å². The molecule has 7 heteroatoms. The van der Waals surface area contributed by atoms with Crippen molar-refractivity contribution in [2.24, 2.45) is 5.92 Å². The van der Waals surface area contributed by atoms with Gasteiger partial charge in [-0.2, -0.15) is 0 Å². The lowest BCUT2D eigenvalue weighted by molar-refractivity contribution is -0.121. The van der Waals surface area contributed by atoms with Gasteiger partial charge in [-0.3, -0.25) is 9.59 Å². The van der Waals surface area contributed by atoms with E-state index in [1.54, 1.807) is 47.4 Å². The lowest BCUT2D eigenvalue weighted by Gasteiger charge is -2.31. The average molecular weight is 410 g/mol. The first-order valence-corrected chi connectivity index (χ1v) is 9.71. The Labute approximate surface area is 172 Å². The third kappa shape index (κ3) is 4.10. The fourth-order valence-corrected chi connectivity index (χ4v) is 3.67. The van der Waals surface area contributed by atoms with Crippen LogP contribution in [-0.2, 0) is 4.79 Å². The van der Waals surface area contributed by atoms with Gasteiger partial charge in [-0.25, -0.2) is 8.78 Å². The zero-order valence-electron chi connectivity index (χ0n) is 16.1. The highest BCUT2D eigenvalue weighted by Crippen LogP contribution is 2.32. The first-order valence-electron chi connectivity index (χ1n) is 9.71. The van der Waals surface area contributed by atoms with Crippen molar-refractivity contribution in [2.45, 2.75) is 12.8 Å². The molecule has 0 atom stereocenters.